The lowest BCUT2D eigenvalue weighted by atomic mass is 9.81. The first-order valence-corrected chi connectivity index (χ1v) is 20.3. The Balaban J connectivity index is 0.930. The first kappa shape index (κ1) is 32.5. The van der Waals surface area contributed by atoms with E-state index in [0.717, 1.165) is 55.8 Å². The standard InChI is InChI=1S/C54H36N4O/c1-54(2)44-17-9-6-14-39(44)40-27-22-35(31-45(40)54)33-20-25-38(26-21-33)56-46-18-10-7-15-41(46)43-30-34(23-28-47(43)56)36-24-29-48-49(32-36)57(37-12-4-3-5-13-37)53-55-52-51(58(48)53)42-16-8-11-19-50(42)59-52/h3-32H,1-2H3. The van der Waals surface area contributed by atoms with Crippen molar-refractivity contribution in [3.8, 4) is 44.8 Å². The molecule has 5 nitrogen and oxygen atoms in total. The maximum atomic E-state index is 6.25. The molecule has 1 aliphatic carbocycles. The minimum atomic E-state index is -0.0316. The van der Waals surface area contributed by atoms with E-state index in [2.05, 4.69) is 197 Å². The van der Waals surface area contributed by atoms with Crippen molar-refractivity contribution >= 4 is 60.8 Å². The van der Waals surface area contributed by atoms with Gasteiger partial charge in [-0.2, -0.15) is 4.98 Å². The van der Waals surface area contributed by atoms with Crippen LogP contribution in [0, 0.1) is 0 Å². The molecule has 278 valence electrons. The van der Waals surface area contributed by atoms with Crippen LogP contribution in [0.5, 0.6) is 0 Å². The molecule has 4 heterocycles. The van der Waals surface area contributed by atoms with E-state index in [0.29, 0.717) is 5.71 Å². The van der Waals surface area contributed by atoms with Gasteiger partial charge in [0.15, 0.2) is 0 Å². The molecule has 0 radical (unpaired) electrons. The SMILES string of the molecule is CC1(C)c2ccccc2-c2ccc(-c3ccc(-n4c5ccccc5c5cc(-c6ccc7c(c6)n(-c6ccccc6)c6nc8oc9ccccc9c8n76)ccc54)cc3)cc21. The van der Waals surface area contributed by atoms with E-state index in [-0.39, 0.29) is 5.41 Å². The van der Waals surface area contributed by atoms with Crippen molar-refractivity contribution in [1.82, 2.24) is 18.5 Å². The van der Waals surface area contributed by atoms with Crippen LogP contribution in [0.4, 0.5) is 0 Å². The molecule has 0 atom stereocenters. The summed E-state index contributed by atoms with van der Waals surface area (Å²) in [6.45, 7) is 4.69. The van der Waals surface area contributed by atoms with Gasteiger partial charge in [-0.15, -0.1) is 0 Å². The largest absolute Gasteiger partial charge is 0.436 e. The highest BCUT2D eigenvalue weighted by Crippen LogP contribution is 2.49. The number of para-hydroxylation sites is 3. The fourth-order valence-electron chi connectivity index (χ4n) is 10.1. The minimum Gasteiger partial charge on any atom is -0.436 e. The highest BCUT2D eigenvalue weighted by molar-refractivity contribution is 6.11. The summed E-state index contributed by atoms with van der Waals surface area (Å²) in [6, 6.07) is 66.0. The Morgan fingerprint density at radius 3 is 1.93 bits per heavy atom. The Labute approximate surface area is 339 Å². The normalized spacial score (nSPS) is 13.4. The third-order valence-electron chi connectivity index (χ3n) is 12.9. The predicted molar refractivity (Wildman–Crippen MR) is 242 cm³/mol. The first-order valence-electron chi connectivity index (χ1n) is 20.3. The number of nitrogens with zero attached hydrogens (tertiary/aromatic N) is 4. The van der Waals surface area contributed by atoms with Crippen molar-refractivity contribution < 1.29 is 4.42 Å². The number of furan rings is 1. The second kappa shape index (κ2) is 11.7. The van der Waals surface area contributed by atoms with Crippen LogP contribution in [0.2, 0.25) is 0 Å². The molecule has 0 amide bonds. The molecule has 59 heavy (non-hydrogen) atoms. The van der Waals surface area contributed by atoms with Crippen molar-refractivity contribution in [3.63, 3.8) is 0 Å². The number of aromatic nitrogens is 4. The second-order valence-electron chi connectivity index (χ2n) is 16.4. The van der Waals surface area contributed by atoms with Gasteiger partial charge in [0, 0.05) is 32.9 Å². The van der Waals surface area contributed by atoms with Crippen LogP contribution in [-0.4, -0.2) is 18.5 Å². The van der Waals surface area contributed by atoms with Gasteiger partial charge in [0.1, 0.15) is 11.1 Å². The van der Waals surface area contributed by atoms with Crippen molar-refractivity contribution in [2.24, 2.45) is 0 Å². The summed E-state index contributed by atoms with van der Waals surface area (Å²) >= 11 is 0. The number of rotatable bonds is 4. The average molecular weight is 757 g/mol. The van der Waals surface area contributed by atoms with E-state index in [1.54, 1.807) is 0 Å². The van der Waals surface area contributed by atoms with Crippen molar-refractivity contribution in [2.45, 2.75) is 19.3 Å². The fraction of sp³-hybridized carbons (Fsp3) is 0.0556. The number of hydrogen-bond donors (Lipinski definition) is 0. The molecule has 0 fully saturated rings. The molecule has 12 aromatic rings. The summed E-state index contributed by atoms with van der Waals surface area (Å²) < 4.78 is 13.2. The van der Waals surface area contributed by atoms with Gasteiger partial charge in [-0.25, -0.2) is 0 Å². The molecular formula is C54H36N4O. The summed E-state index contributed by atoms with van der Waals surface area (Å²) in [6.07, 6.45) is 0. The summed E-state index contributed by atoms with van der Waals surface area (Å²) in [7, 11) is 0. The van der Waals surface area contributed by atoms with E-state index in [4.69, 9.17) is 9.40 Å². The second-order valence-corrected chi connectivity index (χ2v) is 16.4. The Morgan fingerprint density at radius 2 is 1.07 bits per heavy atom. The van der Waals surface area contributed by atoms with Crippen molar-refractivity contribution in [1.29, 1.82) is 0 Å². The lowest BCUT2D eigenvalue weighted by Gasteiger charge is -2.22. The van der Waals surface area contributed by atoms with Gasteiger partial charge in [-0.1, -0.05) is 123 Å². The van der Waals surface area contributed by atoms with Crippen LogP contribution in [0.25, 0.3) is 106 Å². The van der Waals surface area contributed by atoms with Crippen LogP contribution in [-0.2, 0) is 5.41 Å². The van der Waals surface area contributed by atoms with Crippen LogP contribution in [0.3, 0.4) is 0 Å². The van der Waals surface area contributed by atoms with Gasteiger partial charge >= 0.3 is 0 Å². The smallest absolute Gasteiger partial charge is 0.248 e. The monoisotopic (exact) mass is 756 g/mol. The van der Waals surface area contributed by atoms with E-state index in [1.807, 2.05) is 12.1 Å². The van der Waals surface area contributed by atoms with Gasteiger partial charge in [0.25, 0.3) is 0 Å². The minimum absolute atomic E-state index is 0.0316. The Bertz CT molecular complexity index is 3690. The van der Waals surface area contributed by atoms with Gasteiger partial charge in [-0.3, -0.25) is 8.97 Å². The molecule has 0 spiro atoms. The van der Waals surface area contributed by atoms with Crippen LogP contribution in [0.1, 0.15) is 25.0 Å². The van der Waals surface area contributed by atoms with E-state index in [1.165, 1.54) is 55.2 Å². The molecule has 13 rings (SSSR count). The summed E-state index contributed by atoms with van der Waals surface area (Å²) in [5.74, 6) is 0.831. The van der Waals surface area contributed by atoms with Crippen LogP contribution < -0.4 is 0 Å². The third kappa shape index (κ3) is 4.47. The zero-order chi connectivity index (χ0) is 39.0. The zero-order valence-corrected chi connectivity index (χ0v) is 32.5. The zero-order valence-electron chi connectivity index (χ0n) is 32.5. The molecule has 0 saturated carbocycles. The topological polar surface area (TPSA) is 40.3 Å². The molecule has 4 aromatic heterocycles. The quantitative estimate of drug-likeness (QED) is 0.179. The Morgan fingerprint density at radius 1 is 0.441 bits per heavy atom. The number of hydrogen-bond acceptors (Lipinski definition) is 2. The molecule has 0 unspecified atom stereocenters. The summed E-state index contributed by atoms with van der Waals surface area (Å²) in [4.78, 5) is 5.08. The molecule has 8 aromatic carbocycles. The van der Waals surface area contributed by atoms with Crippen LogP contribution in [0.15, 0.2) is 186 Å². The first-order chi connectivity index (χ1) is 29.0. The predicted octanol–water partition coefficient (Wildman–Crippen LogP) is 13.9. The van der Waals surface area contributed by atoms with Gasteiger partial charge < -0.3 is 8.98 Å². The van der Waals surface area contributed by atoms with E-state index in [9.17, 15) is 0 Å². The molecule has 1 aliphatic rings. The Hall–Kier alpha value is -7.63. The van der Waals surface area contributed by atoms with Crippen molar-refractivity contribution in [3.05, 3.63) is 193 Å². The third-order valence-corrected chi connectivity index (χ3v) is 12.9. The molecule has 5 heteroatoms. The molecule has 0 aliphatic heterocycles. The summed E-state index contributed by atoms with van der Waals surface area (Å²) in [5, 5.41) is 3.51. The van der Waals surface area contributed by atoms with Gasteiger partial charge in [-0.05, 0) is 117 Å². The summed E-state index contributed by atoms with van der Waals surface area (Å²) in [5.41, 5.74) is 19.5. The van der Waals surface area contributed by atoms with Gasteiger partial charge in [0.05, 0.1) is 22.1 Å². The molecule has 0 N–H and O–H groups in total. The number of benzene rings is 8. The maximum Gasteiger partial charge on any atom is 0.248 e. The highest BCUT2D eigenvalue weighted by atomic mass is 16.3. The van der Waals surface area contributed by atoms with Crippen molar-refractivity contribution in [2.75, 3.05) is 0 Å². The fourth-order valence-corrected chi connectivity index (χ4v) is 10.1. The lowest BCUT2D eigenvalue weighted by Crippen LogP contribution is -2.14. The Kier molecular flexibility index (Phi) is 6.44. The van der Waals surface area contributed by atoms with E-state index >= 15 is 0 Å². The molecule has 0 bridgehead atoms. The molecule has 0 saturated heterocycles. The van der Waals surface area contributed by atoms with Crippen LogP contribution >= 0.6 is 0 Å². The molecular weight excluding hydrogens is 721 g/mol. The number of imidazole rings is 2. The number of fused-ring (bicyclic) bond motifs is 13. The lowest BCUT2D eigenvalue weighted by molar-refractivity contribution is 0.656. The average Bonchev–Trinajstić information content (AvgIpc) is 4.05. The van der Waals surface area contributed by atoms with E-state index < -0.39 is 0 Å². The highest BCUT2D eigenvalue weighted by Gasteiger charge is 2.35. The van der Waals surface area contributed by atoms with Gasteiger partial charge in [0.2, 0.25) is 11.5 Å². The maximum absolute atomic E-state index is 6.25.